The van der Waals surface area contributed by atoms with Gasteiger partial charge in [-0.1, -0.05) is 13.8 Å². The summed E-state index contributed by atoms with van der Waals surface area (Å²) >= 11 is 1.53. The third-order valence-corrected chi connectivity index (χ3v) is 4.41. The first-order valence-electron chi connectivity index (χ1n) is 6.62. The molecule has 1 saturated heterocycles. The van der Waals surface area contributed by atoms with Crippen molar-refractivity contribution in [1.29, 1.82) is 0 Å². The molecule has 0 aliphatic carbocycles. The van der Waals surface area contributed by atoms with Crippen LogP contribution in [-0.2, 0) is 9.59 Å². The van der Waals surface area contributed by atoms with Crippen molar-refractivity contribution >= 4 is 23.2 Å². The molecule has 6 heteroatoms. The molecular formula is C13H19N3O2S. The Morgan fingerprint density at radius 2 is 2.21 bits per heavy atom. The van der Waals surface area contributed by atoms with Crippen molar-refractivity contribution in [2.24, 2.45) is 0 Å². The number of nitrogens with one attached hydrogen (secondary N) is 1. The van der Waals surface area contributed by atoms with Gasteiger partial charge in [-0.15, -0.1) is 11.3 Å². The molecule has 19 heavy (non-hydrogen) atoms. The number of piperazine rings is 1. The van der Waals surface area contributed by atoms with Crippen LogP contribution < -0.4 is 5.32 Å². The lowest BCUT2D eigenvalue weighted by molar-refractivity contribution is -0.151. The molecule has 1 fully saturated rings. The number of amides is 2. The maximum absolute atomic E-state index is 12.5. The Bertz CT molecular complexity index is 460. The molecule has 0 saturated carbocycles. The summed E-state index contributed by atoms with van der Waals surface area (Å²) in [5, 5.41) is 5.57. The number of carbonyl (C=O) groups is 2. The van der Waals surface area contributed by atoms with Crippen molar-refractivity contribution in [3.05, 3.63) is 16.6 Å². The van der Waals surface area contributed by atoms with E-state index in [2.05, 4.69) is 10.3 Å². The number of carbonyl (C=O) groups excluding carboxylic acids is 2. The zero-order valence-corrected chi connectivity index (χ0v) is 12.2. The van der Waals surface area contributed by atoms with E-state index in [9.17, 15) is 9.59 Å². The molecule has 1 aliphatic heterocycles. The summed E-state index contributed by atoms with van der Waals surface area (Å²) in [4.78, 5) is 30.5. The normalized spacial score (nSPS) is 25.3. The van der Waals surface area contributed by atoms with Gasteiger partial charge in [-0.05, 0) is 19.8 Å². The van der Waals surface area contributed by atoms with Gasteiger partial charge in [0.25, 0.3) is 0 Å². The first-order valence-corrected chi connectivity index (χ1v) is 7.50. The highest BCUT2D eigenvalue weighted by atomic mass is 32.1. The lowest BCUT2D eigenvalue weighted by Crippen LogP contribution is -2.62. The minimum Gasteiger partial charge on any atom is -0.343 e. The third-order valence-electron chi connectivity index (χ3n) is 3.53. The fraction of sp³-hybridized carbons (Fsp3) is 0.615. The smallest absolute Gasteiger partial charge is 0.246 e. The van der Waals surface area contributed by atoms with Gasteiger partial charge in [-0.25, -0.2) is 4.98 Å². The van der Waals surface area contributed by atoms with E-state index in [-0.39, 0.29) is 17.9 Å². The van der Waals surface area contributed by atoms with E-state index in [0.717, 1.165) is 11.4 Å². The number of aromatic nitrogens is 1. The summed E-state index contributed by atoms with van der Waals surface area (Å²) in [6.45, 7) is 5.69. The van der Waals surface area contributed by atoms with Crippen LogP contribution in [0, 0.1) is 0 Å². The van der Waals surface area contributed by atoms with Gasteiger partial charge < -0.3 is 10.2 Å². The van der Waals surface area contributed by atoms with Crippen LogP contribution >= 0.6 is 11.3 Å². The van der Waals surface area contributed by atoms with Gasteiger partial charge >= 0.3 is 0 Å². The van der Waals surface area contributed by atoms with Crippen LogP contribution in [0.25, 0.3) is 0 Å². The van der Waals surface area contributed by atoms with Gasteiger partial charge in [0.2, 0.25) is 11.8 Å². The van der Waals surface area contributed by atoms with E-state index < -0.39 is 12.1 Å². The second-order valence-electron chi connectivity index (χ2n) is 4.69. The Kier molecular flexibility index (Phi) is 4.19. The van der Waals surface area contributed by atoms with E-state index in [1.807, 2.05) is 19.2 Å². The maximum Gasteiger partial charge on any atom is 0.246 e. The molecule has 2 amide bonds. The third kappa shape index (κ3) is 2.49. The van der Waals surface area contributed by atoms with Crippen molar-refractivity contribution in [1.82, 2.24) is 15.2 Å². The summed E-state index contributed by atoms with van der Waals surface area (Å²) in [6.07, 6.45) is 3.11. The Hall–Kier alpha value is -1.43. The molecule has 3 unspecified atom stereocenters. The monoisotopic (exact) mass is 281 g/mol. The fourth-order valence-electron chi connectivity index (χ4n) is 2.44. The fourth-order valence-corrected chi connectivity index (χ4v) is 3.26. The lowest BCUT2D eigenvalue weighted by atomic mass is 10.0. The second-order valence-corrected chi connectivity index (χ2v) is 5.61. The van der Waals surface area contributed by atoms with E-state index in [4.69, 9.17) is 0 Å². The SMILES string of the molecule is CCC1NC(=O)C(C)N(C(CC)c2nccs2)C1=O. The lowest BCUT2D eigenvalue weighted by Gasteiger charge is -2.41. The number of hydrogen-bond acceptors (Lipinski definition) is 4. The van der Waals surface area contributed by atoms with Gasteiger partial charge in [0.15, 0.2) is 0 Å². The first kappa shape index (κ1) is 14.0. The highest BCUT2D eigenvalue weighted by Crippen LogP contribution is 2.30. The minimum absolute atomic E-state index is 0.00310. The van der Waals surface area contributed by atoms with E-state index >= 15 is 0 Å². The predicted octanol–water partition coefficient (Wildman–Crippen LogP) is 1.72. The molecule has 1 aromatic rings. The molecule has 1 aromatic heterocycles. The van der Waals surface area contributed by atoms with Gasteiger partial charge in [-0.2, -0.15) is 0 Å². The maximum atomic E-state index is 12.5. The van der Waals surface area contributed by atoms with Crippen LogP contribution in [0.5, 0.6) is 0 Å². The van der Waals surface area contributed by atoms with Crippen molar-refractivity contribution in [3.63, 3.8) is 0 Å². The van der Waals surface area contributed by atoms with Crippen molar-refractivity contribution in [3.8, 4) is 0 Å². The highest BCUT2D eigenvalue weighted by molar-refractivity contribution is 7.09. The standard InChI is InChI=1S/C13H19N3O2S/c1-4-9-13(18)16(8(3)11(17)15-9)10(5-2)12-14-6-7-19-12/h6-10H,4-5H2,1-3H3,(H,15,17). The van der Waals surface area contributed by atoms with Crippen molar-refractivity contribution in [2.75, 3.05) is 0 Å². The Morgan fingerprint density at radius 1 is 1.47 bits per heavy atom. The van der Waals surface area contributed by atoms with Gasteiger partial charge in [0, 0.05) is 11.6 Å². The van der Waals surface area contributed by atoms with Crippen LogP contribution in [-0.4, -0.2) is 33.8 Å². The van der Waals surface area contributed by atoms with Crippen molar-refractivity contribution in [2.45, 2.75) is 51.7 Å². The highest BCUT2D eigenvalue weighted by Gasteiger charge is 2.41. The molecule has 0 spiro atoms. The molecule has 104 valence electrons. The van der Waals surface area contributed by atoms with Gasteiger partial charge in [-0.3, -0.25) is 9.59 Å². The molecule has 2 rings (SSSR count). The second kappa shape index (κ2) is 5.69. The molecule has 2 heterocycles. The van der Waals surface area contributed by atoms with Crippen molar-refractivity contribution < 1.29 is 9.59 Å². The Labute approximate surface area is 117 Å². The number of thiazole rings is 1. The van der Waals surface area contributed by atoms with Crippen LogP contribution in [0.3, 0.4) is 0 Å². The molecule has 0 radical (unpaired) electrons. The molecular weight excluding hydrogens is 262 g/mol. The first-order chi connectivity index (χ1) is 9.10. The zero-order valence-electron chi connectivity index (χ0n) is 11.4. The summed E-state index contributed by atoms with van der Waals surface area (Å²) in [5.41, 5.74) is 0. The molecule has 1 N–H and O–H groups in total. The molecule has 3 atom stereocenters. The number of nitrogens with zero attached hydrogens (tertiary/aromatic N) is 2. The average molecular weight is 281 g/mol. The Morgan fingerprint density at radius 3 is 2.74 bits per heavy atom. The molecule has 0 bridgehead atoms. The van der Waals surface area contributed by atoms with E-state index in [1.54, 1.807) is 18.0 Å². The summed E-state index contributed by atoms with van der Waals surface area (Å²) in [6, 6.07) is -0.954. The molecule has 1 aliphatic rings. The van der Waals surface area contributed by atoms with Gasteiger partial charge in [0.05, 0.1) is 6.04 Å². The Balaban J connectivity index is 2.33. The van der Waals surface area contributed by atoms with Crippen LogP contribution in [0.15, 0.2) is 11.6 Å². The van der Waals surface area contributed by atoms with Crippen LogP contribution in [0.4, 0.5) is 0 Å². The number of rotatable bonds is 4. The molecule has 0 aromatic carbocycles. The quantitative estimate of drug-likeness (QED) is 0.914. The van der Waals surface area contributed by atoms with Crippen LogP contribution in [0.2, 0.25) is 0 Å². The van der Waals surface area contributed by atoms with Gasteiger partial charge in [0.1, 0.15) is 17.1 Å². The number of hydrogen-bond donors (Lipinski definition) is 1. The average Bonchev–Trinajstić information content (AvgIpc) is 2.92. The summed E-state index contributed by atoms with van der Waals surface area (Å²) in [5.74, 6) is -0.0851. The zero-order chi connectivity index (χ0) is 14.0. The summed E-state index contributed by atoms with van der Waals surface area (Å²) < 4.78 is 0. The van der Waals surface area contributed by atoms with E-state index in [1.165, 1.54) is 11.3 Å². The minimum atomic E-state index is -0.441. The predicted molar refractivity (Wildman–Crippen MR) is 73.7 cm³/mol. The largest absolute Gasteiger partial charge is 0.343 e. The van der Waals surface area contributed by atoms with Crippen LogP contribution in [0.1, 0.15) is 44.7 Å². The van der Waals surface area contributed by atoms with E-state index in [0.29, 0.717) is 6.42 Å². The topological polar surface area (TPSA) is 62.3 Å². The summed E-state index contributed by atoms with van der Waals surface area (Å²) in [7, 11) is 0. The molecule has 5 nitrogen and oxygen atoms in total.